The van der Waals surface area contributed by atoms with Crippen LogP contribution in [0.2, 0.25) is 0 Å². The third kappa shape index (κ3) is 3.42. The van der Waals surface area contributed by atoms with Gasteiger partial charge in [0.1, 0.15) is 6.61 Å². The van der Waals surface area contributed by atoms with Crippen molar-refractivity contribution in [2.75, 3.05) is 6.61 Å². The Bertz CT molecular complexity index is 817. The fraction of sp³-hybridized carbons (Fsp3) is 0.263. The third-order valence-corrected chi connectivity index (χ3v) is 4.29. The number of aryl methyl sites for hydroxylation is 1. The lowest BCUT2D eigenvalue weighted by atomic mass is 9.97. The lowest BCUT2D eigenvalue weighted by molar-refractivity contribution is -0.144. The van der Waals surface area contributed by atoms with Crippen LogP contribution in [0.1, 0.15) is 22.7 Å². The second-order valence-electron chi connectivity index (χ2n) is 5.93. The molecule has 0 aliphatic carbocycles. The Morgan fingerprint density at radius 2 is 1.84 bits per heavy atom. The molecule has 0 aromatic heterocycles. The van der Waals surface area contributed by atoms with Gasteiger partial charge in [0.15, 0.2) is 17.5 Å². The Balaban J connectivity index is 1.78. The summed E-state index contributed by atoms with van der Waals surface area (Å²) in [5, 5.41) is 12.1. The van der Waals surface area contributed by atoms with E-state index in [1.165, 1.54) is 0 Å². The number of carboxylic acids is 1. The van der Waals surface area contributed by atoms with Crippen LogP contribution in [-0.4, -0.2) is 29.7 Å². The second-order valence-corrected chi connectivity index (χ2v) is 5.93. The van der Waals surface area contributed by atoms with Crippen molar-refractivity contribution in [1.29, 1.82) is 0 Å². The zero-order valence-electron chi connectivity index (χ0n) is 14.0. The van der Waals surface area contributed by atoms with Crippen LogP contribution in [0.25, 0.3) is 0 Å². The van der Waals surface area contributed by atoms with E-state index in [1.807, 2.05) is 26.0 Å². The van der Waals surface area contributed by atoms with E-state index >= 15 is 0 Å². The van der Waals surface area contributed by atoms with Gasteiger partial charge in [-0.3, -0.25) is 4.79 Å². The van der Waals surface area contributed by atoms with Gasteiger partial charge in [-0.2, -0.15) is 0 Å². The molecule has 1 heterocycles. The van der Waals surface area contributed by atoms with Crippen molar-refractivity contribution in [2.45, 2.75) is 26.0 Å². The van der Waals surface area contributed by atoms with Gasteiger partial charge in [0.05, 0.1) is 0 Å². The van der Waals surface area contributed by atoms with Gasteiger partial charge in [-0.25, -0.2) is 4.79 Å². The van der Waals surface area contributed by atoms with E-state index in [4.69, 9.17) is 9.47 Å². The summed E-state index contributed by atoms with van der Waals surface area (Å²) in [7, 11) is 0. The molecule has 0 fully saturated rings. The van der Waals surface area contributed by atoms with Crippen LogP contribution in [0.15, 0.2) is 42.5 Å². The molecule has 25 heavy (non-hydrogen) atoms. The summed E-state index contributed by atoms with van der Waals surface area (Å²) < 4.78 is 11.1. The number of carbonyl (C=O) groups excluding carboxylic acids is 1. The van der Waals surface area contributed by atoms with E-state index in [-0.39, 0.29) is 6.61 Å². The van der Waals surface area contributed by atoms with Gasteiger partial charge < -0.3 is 19.9 Å². The normalized spacial score (nSPS) is 16.8. The summed E-state index contributed by atoms with van der Waals surface area (Å²) in [5.74, 6) is -0.620. The zero-order chi connectivity index (χ0) is 18.0. The molecular weight excluding hydrogens is 322 g/mol. The number of ether oxygens (including phenoxy) is 2. The van der Waals surface area contributed by atoms with Crippen LogP contribution in [0, 0.1) is 13.8 Å². The van der Waals surface area contributed by atoms with E-state index in [1.54, 1.807) is 30.3 Å². The minimum Gasteiger partial charge on any atom is -0.485 e. The topological polar surface area (TPSA) is 84.9 Å². The van der Waals surface area contributed by atoms with Crippen molar-refractivity contribution in [3.63, 3.8) is 0 Å². The van der Waals surface area contributed by atoms with Gasteiger partial charge in [0.2, 0.25) is 6.10 Å². The number of hydrogen-bond donors (Lipinski definition) is 2. The number of aliphatic carboxylic acids is 1. The lowest BCUT2D eigenvalue weighted by Gasteiger charge is -2.27. The van der Waals surface area contributed by atoms with Crippen LogP contribution >= 0.6 is 0 Å². The van der Waals surface area contributed by atoms with Gasteiger partial charge in [-0.05, 0) is 42.7 Å². The van der Waals surface area contributed by atoms with Crippen LogP contribution in [0.3, 0.4) is 0 Å². The first-order chi connectivity index (χ1) is 12.0. The number of hydrogen-bond acceptors (Lipinski definition) is 4. The highest BCUT2D eigenvalue weighted by atomic mass is 16.6. The highest BCUT2D eigenvalue weighted by Gasteiger charge is 2.32. The van der Waals surface area contributed by atoms with Gasteiger partial charge >= 0.3 is 5.97 Å². The second kappa shape index (κ2) is 6.84. The van der Waals surface area contributed by atoms with Crippen LogP contribution in [0.5, 0.6) is 11.5 Å². The van der Waals surface area contributed by atoms with Crippen LogP contribution < -0.4 is 14.8 Å². The van der Waals surface area contributed by atoms with E-state index in [2.05, 4.69) is 5.32 Å². The molecule has 2 aromatic rings. The number of para-hydroxylation sites is 2. The fourth-order valence-corrected chi connectivity index (χ4v) is 2.74. The molecule has 2 aromatic carbocycles. The minimum absolute atomic E-state index is 0.0297. The largest absolute Gasteiger partial charge is 0.485 e. The fourth-order valence-electron chi connectivity index (χ4n) is 2.74. The first kappa shape index (κ1) is 16.8. The minimum atomic E-state index is -1.15. The van der Waals surface area contributed by atoms with Crippen molar-refractivity contribution in [3.05, 3.63) is 59.2 Å². The molecule has 0 saturated heterocycles. The average molecular weight is 341 g/mol. The van der Waals surface area contributed by atoms with Gasteiger partial charge in [-0.1, -0.05) is 30.3 Å². The Morgan fingerprint density at radius 1 is 1.12 bits per heavy atom. The number of carbonyl (C=O) groups is 2. The summed E-state index contributed by atoms with van der Waals surface area (Å²) in [6.45, 7) is 3.76. The SMILES string of the molecule is Cc1cccc(C(NC(=O)C2COc3ccccc3O2)C(=O)O)c1C. The van der Waals surface area contributed by atoms with Crippen molar-refractivity contribution in [1.82, 2.24) is 5.32 Å². The van der Waals surface area contributed by atoms with Crippen LogP contribution in [-0.2, 0) is 9.59 Å². The van der Waals surface area contributed by atoms with Gasteiger partial charge in [0.25, 0.3) is 5.91 Å². The molecule has 6 heteroatoms. The van der Waals surface area contributed by atoms with Gasteiger partial charge in [0, 0.05) is 0 Å². The molecular formula is C19H19NO5. The highest BCUT2D eigenvalue weighted by Crippen LogP contribution is 2.31. The average Bonchev–Trinajstić information content (AvgIpc) is 2.61. The third-order valence-electron chi connectivity index (χ3n) is 4.29. The number of fused-ring (bicyclic) bond motifs is 1. The maximum Gasteiger partial charge on any atom is 0.330 e. The van der Waals surface area contributed by atoms with E-state index in [9.17, 15) is 14.7 Å². The maximum atomic E-state index is 12.5. The summed E-state index contributed by atoms with van der Waals surface area (Å²) >= 11 is 0. The van der Waals surface area contributed by atoms with Crippen molar-refractivity contribution < 1.29 is 24.2 Å². The van der Waals surface area contributed by atoms with E-state index in [0.717, 1.165) is 11.1 Å². The summed E-state index contributed by atoms with van der Waals surface area (Å²) in [4.78, 5) is 24.2. The molecule has 0 spiro atoms. The molecule has 2 atom stereocenters. The Morgan fingerprint density at radius 3 is 2.56 bits per heavy atom. The van der Waals surface area contributed by atoms with Crippen molar-refractivity contribution in [3.8, 4) is 11.5 Å². The van der Waals surface area contributed by atoms with E-state index < -0.39 is 24.0 Å². The molecule has 1 aliphatic heterocycles. The molecule has 1 aliphatic rings. The zero-order valence-corrected chi connectivity index (χ0v) is 14.0. The predicted octanol–water partition coefficient (Wildman–Crippen LogP) is 2.39. The molecule has 0 saturated carbocycles. The lowest BCUT2D eigenvalue weighted by Crippen LogP contribution is -2.46. The summed E-state index contributed by atoms with van der Waals surface area (Å²) in [5.41, 5.74) is 2.35. The van der Waals surface area contributed by atoms with Crippen molar-refractivity contribution >= 4 is 11.9 Å². The molecule has 6 nitrogen and oxygen atoms in total. The molecule has 0 bridgehead atoms. The molecule has 2 unspecified atom stereocenters. The molecule has 2 N–H and O–H groups in total. The first-order valence-electron chi connectivity index (χ1n) is 7.95. The summed E-state index contributed by atoms with van der Waals surface area (Å²) in [6.07, 6.45) is -0.901. The Kier molecular flexibility index (Phi) is 4.61. The molecule has 3 rings (SSSR count). The van der Waals surface area contributed by atoms with Crippen molar-refractivity contribution in [2.24, 2.45) is 0 Å². The number of benzene rings is 2. The number of carboxylic acid groups (broad SMARTS) is 1. The molecule has 0 radical (unpaired) electrons. The summed E-state index contributed by atoms with van der Waals surface area (Å²) in [6, 6.07) is 11.3. The molecule has 1 amide bonds. The smallest absolute Gasteiger partial charge is 0.330 e. The maximum absolute atomic E-state index is 12.5. The molecule has 130 valence electrons. The van der Waals surface area contributed by atoms with Gasteiger partial charge in [-0.15, -0.1) is 0 Å². The number of rotatable bonds is 4. The standard InChI is InChI=1S/C19H19NO5/c1-11-6-5-7-13(12(11)2)17(19(22)23)20-18(21)16-10-24-14-8-3-4-9-15(14)25-16/h3-9,16-17H,10H2,1-2H3,(H,20,21)(H,22,23). The Labute approximate surface area is 145 Å². The predicted molar refractivity (Wildman–Crippen MR) is 90.8 cm³/mol. The number of amides is 1. The highest BCUT2D eigenvalue weighted by molar-refractivity contribution is 5.88. The van der Waals surface area contributed by atoms with Crippen LogP contribution in [0.4, 0.5) is 0 Å². The van der Waals surface area contributed by atoms with E-state index in [0.29, 0.717) is 17.1 Å². The first-order valence-corrected chi connectivity index (χ1v) is 7.95. The Hall–Kier alpha value is -3.02. The monoisotopic (exact) mass is 341 g/mol. The number of nitrogens with one attached hydrogen (secondary N) is 1. The quantitative estimate of drug-likeness (QED) is 0.892.